The zero-order valence-electron chi connectivity index (χ0n) is 6.58. The van der Waals surface area contributed by atoms with Crippen LogP contribution in [0.25, 0.3) is 0 Å². The Balaban J connectivity index is 3.89. The molecule has 0 unspecified atom stereocenters. The van der Waals surface area contributed by atoms with Gasteiger partial charge in [0.05, 0.1) is 8.07 Å². The molecule has 48 valence electrons. The van der Waals surface area contributed by atoms with Gasteiger partial charge in [-0.2, -0.15) is 0 Å². The second-order valence-corrected chi connectivity index (χ2v) is 8.61. The van der Waals surface area contributed by atoms with E-state index in [0.717, 1.165) is 0 Å². The molecule has 0 aliphatic rings. The van der Waals surface area contributed by atoms with E-state index in [1.807, 2.05) is 0 Å². The van der Waals surface area contributed by atoms with Gasteiger partial charge in [0.15, 0.2) is 0 Å². The van der Waals surface area contributed by atoms with Crippen molar-refractivity contribution in [1.82, 2.24) is 0 Å². The first-order valence-corrected chi connectivity index (χ1v) is 6.65. The lowest BCUT2D eigenvalue weighted by Gasteiger charge is -2.08. The van der Waals surface area contributed by atoms with E-state index < -0.39 is 8.07 Å². The summed E-state index contributed by atoms with van der Waals surface area (Å²) in [6, 6.07) is 0. The Kier molecular flexibility index (Phi) is 2.48. The highest BCUT2D eigenvalue weighted by Crippen LogP contribution is 2.04. The van der Waals surface area contributed by atoms with Crippen LogP contribution in [-0.2, 0) is 0 Å². The fraction of sp³-hybridized carbons (Fsp3) is 0.714. The topological polar surface area (TPSA) is 0 Å². The molecular formula is C7H16Si. The van der Waals surface area contributed by atoms with E-state index in [2.05, 4.69) is 39.2 Å². The Morgan fingerprint density at radius 2 is 1.50 bits per heavy atom. The van der Waals surface area contributed by atoms with E-state index in [1.165, 1.54) is 5.57 Å². The number of allylic oxidation sites excluding steroid dienone is 1. The van der Waals surface area contributed by atoms with Crippen LogP contribution in [0.4, 0.5) is 0 Å². The van der Waals surface area contributed by atoms with Gasteiger partial charge >= 0.3 is 0 Å². The summed E-state index contributed by atoms with van der Waals surface area (Å²) in [4.78, 5) is 0. The zero-order chi connectivity index (χ0) is 6.78. The molecule has 0 aliphatic heterocycles. The molecule has 0 aromatic carbocycles. The number of hydrogen-bond acceptors (Lipinski definition) is 0. The molecule has 0 amide bonds. The van der Waals surface area contributed by atoms with Gasteiger partial charge in [0, 0.05) is 0 Å². The van der Waals surface area contributed by atoms with E-state index in [1.54, 1.807) is 0 Å². The quantitative estimate of drug-likeness (QED) is 0.476. The Labute approximate surface area is 53.6 Å². The van der Waals surface area contributed by atoms with Crippen LogP contribution >= 0.6 is 0 Å². The molecule has 0 rings (SSSR count). The second kappa shape index (κ2) is 2.49. The van der Waals surface area contributed by atoms with Crippen LogP contribution < -0.4 is 0 Å². The van der Waals surface area contributed by atoms with Gasteiger partial charge in [0.25, 0.3) is 0 Å². The van der Waals surface area contributed by atoms with Crippen LogP contribution in [0, 0.1) is 0 Å². The maximum absolute atomic E-state index is 2.41. The van der Waals surface area contributed by atoms with Crippen LogP contribution in [0.1, 0.15) is 13.8 Å². The summed E-state index contributed by atoms with van der Waals surface area (Å²) in [6.07, 6.45) is 0. The summed E-state index contributed by atoms with van der Waals surface area (Å²) >= 11 is 0. The lowest BCUT2D eigenvalue weighted by molar-refractivity contribution is 1.40. The molecule has 0 atom stereocenters. The van der Waals surface area contributed by atoms with Crippen molar-refractivity contribution in [2.75, 3.05) is 0 Å². The first kappa shape index (κ1) is 7.96. The average molecular weight is 128 g/mol. The van der Waals surface area contributed by atoms with Crippen LogP contribution in [-0.4, -0.2) is 8.07 Å². The van der Waals surface area contributed by atoms with Crippen molar-refractivity contribution in [3.8, 4) is 0 Å². The Hall–Kier alpha value is -0.0431. The van der Waals surface area contributed by atoms with Gasteiger partial charge in [-0.15, -0.1) is 0 Å². The molecule has 0 spiro atoms. The van der Waals surface area contributed by atoms with E-state index in [4.69, 9.17) is 0 Å². The highest BCUT2D eigenvalue weighted by molar-refractivity contribution is 6.81. The summed E-state index contributed by atoms with van der Waals surface area (Å²) in [7, 11) is -0.882. The van der Waals surface area contributed by atoms with E-state index in [-0.39, 0.29) is 0 Å². The molecule has 0 heterocycles. The van der Waals surface area contributed by atoms with Crippen LogP contribution in [0.3, 0.4) is 0 Å². The first-order valence-electron chi connectivity index (χ1n) is 3.08. The van der Waals surface area contributed by atoms with E-state index >= 15 is 0 Å². The summed E-state index contributed by atoms with van der Waals surface area (Å²) in [5.41, 5.74) is 3.87. The van der Waals surface area contributed by atoms with Gasteiger partial charge in [-0.05, 0) is 13.8 Å². The van der Waals surface area contributed by atoms with Gasteiger partial charge in [-0.25, -0.2) is 0 Å². The van der Waals surface area contributed by atoms with Crippen molar-refractivity contribution < 1.29 is 0 Å². The fourth-order valence-corrected chi connectivity index (χ4v) is 2.60. The van der Waals surface area contributed by atoms with Crippen molar-refractivity contribution in [3.63, 3.8) is 0 Å². The highest BCUT2D eigenvalue weighted by atomic mass is 28.3. The minimum atomic E-state index is -0.882. The van der Waals surface area contributed by atoms with Gasteiger partial charge in [0.1, 0.15) is 0 Å². The molecule has 0 fully saturated rings. The van der Waals surface area contributed by atoms with Crippen LogP contribution in [0.2, 0.25) is 19.6 Å². The van der Waals surface area contributed by atoms with Gasteiger partial charge in [0.2, 0.25) is 0 Å². The molecule has 0 aliphatic carbocycles. The van der Waals surface area contributed by atoms with Crippen molar-refractivity contribution in [2.45, 2.75) is 33.5 Å². The molecule has 1 heteroatoms. The molecule has 0 bridgehead atoms. The fourth-order valence-electron chi connectivity index (χ4n) is 0.866. The Bertz CT molecular complexity index is 91.4. The largest absolute Gasteiger partial charge is 0.0963 e. The highest BCUT2D eigenvalue weighted by Gasteiger charge is 2.06. The monoisotopic (exact) mass is 128 g/mol. The summed E-state index contributed by atoms with van der Waals surface area (Å²) in [5, 5.41) is 0. The molecule has 0 saturated heterocycles. The molecule has 0 saturated carbocycles. The molecule has 0 aromatic heterocycles. The normalized spacial score (nSPS) is 11.1. The number of rotatable bonds is 1. The van der Waals surface area contributed by atoms with Gasteiger partial charge < -0.3 is 0 Å². The predicted molar refractivity (Wildman–Crippen MR) is 42.8 cm³/mol. The summed E-state index contributed by atoms with van der Waals surface area (Å²) in [6.45, 7) is 11.4. The molecule has 0 N–H and O–H groups in total. The van der Waals surface area contributed by atoms with Crippen molar-refractivity contribution >= 4 is 8.07 Å². The van der Waals surface area contributed by atoms with E-state index in [0.29, 0.717) is 0 Å². The van der Waals surface area contributed by atoms with E-state index in [9.17, 15) is 0 Å². The predicted octanol–water partition coefficient (Wildman–Crippen LogP) is 2.83. The Morgan fingerprint density at radius 3 is 1.50 bits per heavy atom. The van der Waals surface area contributed by atoms with Gasteiger partial charge in [-0.3, -0.25) is 0 Å². The maximum atomic E-state index is 2.41. The minimum Gasteiger partial charge on any atom is -0.0963 e. The lowest BCUT2D eigenvalue weighted by Crippen LogP contribution is -2.15. The summed E-state index contributed by atoms with van der Waals surface area (Å²) < 4.78 is 0. The van der Waals surface area contributed by atoms with Crippen molar-refractivity contribution in [2.24, 2.45) is 0 Å². The molecule has 0 aromatic rings. The Morgan fingerprint density at radius 1 is 1.12 bits per heavy atom. The number of hydrogen-bond donors (Lipinski definition) is 0. The average Bonchev–Trinajstić information content (AvgIpc) is 1.21. The molecule has 8 heavy (non-hydrogen) atoms. The smallest absolute Gasteiger partial charge is 0.0686 e. The first-order chi connectivity index (χ1) is 3.42. The maximum Gasteiger partial charge on any atom is 0.0686 e. The van der Waals surface area contributed by atoms with Crippen molar-refractivity contribution in [1.29, 1.82) is 0 Å². The van der Waals surface area contributed by atoms with Crippen LogP contribution in [0.15, 0.2) is 11.3 Å². The molecule has 0 radical (unpaired) electrons. The third-order valence-corrected chi connectivity index (χ3v) is 2.17. The molecular weight excluding hydrogens is 112 g/mol. The van der Waals surface area contributed by atoms with Gasteiger partial charge in [-0.1, -0.05) is 30.9 Å². The second-order valence-electron chi connectivity index (χ2n) is 3.59. The standard InChI is InChI=1S/C7H16Si/c1-7(2)6-8(3,4)5/h6H,1-5H3. The molecule has 0 nitrogen and oxygen atoms in total. The third-order valence-electron chi connectivity index (χ3n) is 0.722. The SMILES string of the molecule is CC(C)=C[Si](C)(C)C. The zero-order valence-corrected chi connectivity index (χ0v) is 7.58. The third kappa shape index (κ3) is 5.96. The van der Waals surface area contributed by atoms with Crippen LogP contribution in [0.5, 0.6) is 0 Å². The minimum absolute atomic E-state index is 0.882. The lowest BCUT2D eigenvalue weighted by atomic mass is 10.4. The summed E-state index contributed by atoms with van der Waals surface area (Å²) in [5.74, 6) is 0. The van der Waals surface area contributed by atoms with Crippen molar-refractivity contribution in [3.05, 3.63) is 11.3 Å².